The summed E-state index contributed by atoms with van der Waals surface area (Å²) in [5.41, 5.74) is 0.277. The van der Waals surface area contributed by atoms with Crippen LogP contribution < -0.4 is 0 Å². The molecule has 30 heavy (non-hydrogen) atoms. The first-order chi connectivity index (χ1) is 14.3. The molecule has 6 atom stereocenters. The fourth-order valence-corrected chi connectivity index (χ4v) is 6.37. The van der Waals surface area contributed by atoms with Crippen LogP contribution in [0.3, 0.4) is 0 Å². The Bertz CT molecular complexity index is 861. The molecule has 1 spiro atoms. The molecule has 1 heterocycles. The molecule has 1 aliphatic heterocycles. The van der Waals surface area contributed by atoms with Crippen LogP contribution >= 0.6 is 11.6 Å². The summed E-state index contributed by atoms with van der Waals surface area (Å²) >= 11 is 6.62. The molecule has 0 radical (unpaired) electrons. The predicted octanol–water partition coefficient (Wildman–Crippen LogP) is 4.82. The van der Waals surface area contributed by atoms with Crippen molar-refractivity contribution >= 4 is 23.6 Å². The van der Waals surface area contributed by atoms with Crippen LogP contribution in [0.25, 0.3) is 6.08 Å². The number of ether oxygens (including phenoxy) is 2. The Morgan fingerprint density at radius 3 is 2.60 bits per heavy atom. The average Bonchev–Trinajstić information content (AvgIpc) is 2.69. The lowest BCUT2D eigenvalue weighted by Crippen LogP contribution is -2.74. The van der Waals surface area contributed by atoms with E-state index < -0.39 is 17.4 Å². The first kappa shape index (κ1) is 21.6. The first-order valence-electron chi connectivity index (χ1n) is 10.5. The van der Waals surface area contributed by atoms with Gasteiger partial charge in [-0.1, -0.05) is 37.6 Å². The monoisotopic (exact) mass is 436 g/mol. The number of carbonyl (C=O) groups excluding carboxylic acids is 1. The van der Waals surface area contributed by atoms with Gasteiger partial charge in [-0.05, 0) is 55.4 Å². The molecule has 4 rings (SSSR count). The summed E-state index contributed by atoms with van der Waals surface area (Å²) in [4.78, 5) is 23.1. The van der Waals surface area contributed by atoms with E-state index in [0.29, 0.717) is 23.0 Å². The molecular weight excluding hydrogens is 408 g/mol. The van der Waals surface area contributed by atoms with Crippen LogP contribution in [0, 0.1) is 23.7 Å². The molecule has 0 amide bonds. The van der Waals surface area contributed by atoms with Gasteiger partial charge in [-0.3, -0.25) is 0 Å². The van der Waals surface area contributed by atoms with Gasteiger partial charge >= 0.3 is 5.97 Å². The number of rotatable bonds is 4. The topological polar surface area (TPSA) is 74.2 Å². The molecule has 1 saturated heterocycles. The Morgan fingerprint density at radius 2 is 1.97 bits per heavy atom. The molecule has 1 aromatic rings. The Hall–Kier alpha value is -1.60. The maximum Gasteiger partial charge on any atom is 0.330 e. The second-order valence-corrected chi connectivity index (χ2v) is 9.39. The molecule has 2 bridgehead atoms. The number of carbonyl (C=O) groups is 1. The lowest BCUT2D eigenvalue weighted by atomic mass is 9.54. The molecule has 6 unspecified atom stereocenters. The molecule has 3 aliphatic rings. The van der Waals surface area contributed by atoms with Crippen LogP contribution in [0.15, 0.2) is 18.2 Å². The minimum atomic E-state index is -1.20. The van der Waals surface area contributed by atoms with E-state index >= 15 is 0 Å². The molecule has 0 aromatic heterocycles. The second kappa shape index (κ2) is 7.83. The molecule has 2 saturated carbocycles. The number of phenolic OH excluding ortho intramolecular Hbond substituents is 1. The van der Waals surface area contributed by atoms with E-state index in [0.717, 1.165) is 19.3 Å². The number of aromatic hydroxyl groups is 1. The summed E-state index contributed by atoms with van der Waals surface area (Å²) in [5, 5.41) is 10.9. The molecule has 6 nitrogen and oxygen atoms in total. The molecule has 2 aliphatic carbocycles. The van der Waals surface area contributed by atoms with Gasteiger partial charge < -0.3 is 14.6 Å². The standard InChI is InChI=1S/C23H29ClO6/c1-13-9-15-11-14(2)22(17(10-13)12-15)23(28-4,30-29-22)18-7-5-16(21(26)20(18)24)6-8-19(25)27-3/h5-8,13-15,17,26H,9-12H2,1-4H3/b8-6+. The number of esters is 1. The third-order valence-electron chi connectivity index (χ3n) is 7.27. The van der Waals surface area contributed by atoms with Crippen molar-refractivity contribution in [3.8, 4) is 5.75 Å². The third kappa shape index (κ3) is 3.00. The molecule has 164 valence electrons. The lowest BCUT2D eigenvalue weighted by Gasteiger charge is -2.65. The van der Waals surface area contributed by atoms with Crippen molar-refractivity contribution in [3.05, 3.63) is 34.4 Å². The van der Waals surface area contributed by atoms with Crippen LogP contribution in [0.2, 0.25) is 5.02 Å². The molecule has 3 fully saturated rings. The van der Waals surface area contributed by atoms with Gasteiger partial charge in [0.15, 0.2) is 5.60 Å². The van der Waals surface area contributed by atoms with Crippen molar-refractivity contribution < 1.29 is 29.1 Å². The summed E-state index contributed by atoms with van der Waals surface area (Å²) in [7, 11) is 2.88. The van der Waals surface area contributed by atoms with E-state index in [9.17, 15) is 9.90 Å². The maximum absolute atomic E-state index is 11.4. The van der Waals surface area contributed by atoms with Crippen LogP contribution in [-0.2, 0) is 29.8 Å². The zero-order chi connectivity index (χ0) is 21.7. The molecule has 7 heteroatoms. The quantitative estimate of drug-likeness (QED) is 0.414. The molecular formula is C23H29ClO6. The van der Waals surface area contributed by atoms with Crippen molar-refractivity contribution in [1.82, 2.24) is 0 Å². The average molecular weight is 437 g/mol. The smallest absolute Gasteiger partial charge is 0.330 e. The third-order valence-corrected chi connectivity index (χ3v) is 7.65. The minimum Gasteiger partial charge on any atom is -0.506 e. The highest BCUT2D eigenvalue weighted by atomic mass is 35.5. The van der Waals surface area contributed by atoms with Crippen LogP contribution in [0.1, 0.15) is 50.7 Å². The largest absolute Gasteiger partial charge is 0.506 e. The number of fused-ring (bicyclic) bond motifs is 3. The Balaban J connectivity index is 1.76. The van der Waals surface area contributed by atoms with Gasteiger partial charge in [0.05, 0.1) is 12.1 Å². The van der Waals surface area contributed by atoms with Gasteiger partial charge in [0.2, 0.25) is 0 Å². The van der Waals surface area contributed by atoms with Gasteiger partial charge in [0.25, 0.3) is 5.79 Å². The van der Waals surface area contributed by atoms with E-state index in [2.05, 4.69) is 18.6 Å². The van der Waals surface area contributed by atoms with Gasteiger partial charge in [-0.2, -0.15) is 4.89 Å². The maximum atomic E-state index is 11.4. The van der Waals surface area contributed by atoms with Crippen LogP contribution in [0.4, 0.5) is 0 Å². The van der Waals surface area contributed by atoms with E-state index in [1.165, 1.54) is 25.7 Å². The SMILES string of the molecule is COC(=O)/C=C/c1ccc(C2(OC)OOC23C(C)CC2CC(C)CC3C2)c(Cl)c1O. The Labute approximate surface area is 182 Å². The van der Waals surface area contributed by atoms with Crippen molar-refractivity contribution in [2.45, 2.75) is 50.9 Å². The number of benzene rings is 1. The van der Waals surface area contributed by atoms with E-state index in [1.807, 2.05) is 0 Å². The zero-order valence-electron chi connectivity index (χ0n) is 17.8. The summed E-state index contributed by atoms with van der Waals surface area (Å²) in [5.74, 6) is -0.0673. The Kier molecular flexibility index (Phi) is 5.64. The van der Waals surface area contributed by atoms with Gasteiger partial charge in [0, 0.05) is 24.3 Å². The van der Waals surface area contributed by atoms with Crippen molar-refractivity contribution in [2.75, 3.05) is 14.2 Å². The number of halogens is 1. The van der Waals surface area contributed by atoms with E-state index in [-0.39, 0.29) is 22.6 Å². The van der Waals surface area contributed by atoms with Gasteiger partial charge in [0.1, 0.15) is 5.75 Å². The fraction of sp³-hybridized carbons (Fsp3) is 0.609. The number of phenols is 1. The zero-order valence-corrected chi connectivity index (χ0v) is 18.6. The predicted molar refractivity (Wildman–Crippen MR) is 112 cm³/mol. The van der Waals surface area contributed by atoms with E-state index in [1.54, 1.807) is 19.2 Å². The normalized spacial score (nSPS) is 37.9. The lowest BCUT2D eigenvalue weighted by molar-refractivity contribution is -0.641. The summed E-state index contributed by atoms with van der Waals surface area (Å²) in [6.07, 6.45) is 7.10. The van der Waals surface area contributed by atoms with Crippen molar-refractivity contribution in [2.24, 2.45) is 23.7 Å². The highest BCUT2D eigenvalue weighted by molar-refractivity contribution is 6.33. The minimum absolute atomic E-state index is 0.129. The summed E-state index contributed by atoms with van der Waals surface area (Å²) in [6.45, 7) is 4.48. The van der Waals surface area contributed by atoms with Crippen LogP contribution in [0.5, 0.6) is 5.75 Å². The fourth-order valence-electron chi connectivity index (χ4n) is 6.08. The number of hydrogen-bond acceptors (Lipinski definition) is 6. The first-order valence-corrected chi connectivity index (χ1v) is 10.9. The van der Waals surface area contributed by atoms with Crippen molar-refractivity contribution in [1.29, 1.82) is 0 Å². The number of methoxy groups -OCH3 is 2. The second-order valence-electron chi connectivity index (χ2n) is 9.01. The molecule has 1 N–H and O–H groups in total. The number of hydrogen-bond donors (Lipinski definition) is 1. The summed E-state index contributed by atoms with van der Waals surface area (Å²) < 4.78 is 10.6. The van der Waals surface area contributed by atoms with Gasteiger partial charge in [-0.25, -0.2) is 9.68 Å². The molecule has 1 aromatic carbocycles. The van der Waals surface area contributed by atoms with Gasteiger partial charge in [-0.15, -0.1) is 0 Å². The van der Waals surface area contributed by atoms with Crippen LogP contribution in [-0.4, -0.2) is 30.9 Å². The summed E-state index contributed by atoms with van der Waals surface area (Å²) in [6, 6.07) is 3.46. The Morgan fingerprint density at radius 1 is 1.20 bits per heavy atom. The highest BCUT2D eigenvalue weighted by Gasteiger charge is 2.74. The van der Waals surface area contributed by atoms with E-state index in [4.69, 9.17) is 26.1 Å². The van der Waals surface area contributed by atoms with Crippen molar-refractivity contribution in [3.63, 3.8) is 0 Å². The highest BCUT2D eigenvalue weighted by Crippen LogP contribution is 2.65.